The summed E-state index contributed by atoms with van der Waals surface area (Å²) >= 11 is 0. The number of anilines is 2. The molecule has 17 heteroatoms. The largest absolute Gasteiger partial charge is 0.490 e. The lowest BCUT2D eigenvalue weighted by Gasteiger charge is -2.23. The number of aliphatic imine (C=N–C) groups is 1. The minimum Gasteiger partial charge on any atom is -0.475 e. The number of guanidine groups is 1. The van der Waals surface area contributed by atoms with E-state index in [0.29, 0.717) is 41.6 Å². The molecule has 2 atom stereocenters. The predicted molar refractivity (Wildman–Crippen MR) is 190 cm³/mol. The molecule has 7 N–H and O–H groups in total. The van der Waals surface area contributed by atoms with Crippen LogP contribution < -0.4 is 27.0 Å². The van der Waals surface area contributed by atoms with Crippen molar-refractivity contribution in [1.29, 1.82) is 0 Å². The molecular weight excluding hydrogens is 713 g/mol. The van der Waals surface area contributed by atoms with Crippen LogP contribution >= 0.6 is 0 Å². The smallest absolute Gasteiger partial charge is 0.475 e. The van der Waals surface area contributed by atoms with Crippen LogP contribution in [0.3, 0.4) is 0 Å². The summed E-state index contributed by atoms with van der Waals surface area (Å²) in [5.41, 5.74) is 11.8. The first-order valence-corrected chi connectivity index (χ1v) is 16.8. The van der Waals surface area contributed by atoms with Crippen molar-refractivity contribution in [2.75, 3.05) is 18.0 Å². The normalized spacial score (nSPS) is 18.8. The number of ether oxygens (including phenoxy) is 1. The molecule has 286 valence electrons. The quantitative estimate of drug-likeness (QED) is 0.0378. The maximum absolute atomic E-state index is 13.4. The number of hydrogen-bond donors (Lipinski definition) is 5. The fraction of sp³-hybridized carbons (Fsp3) is 0.324. The van der Waals surface area contributed by atoms with Gasteiger partial charge in [0.15, 0.2) is 5.96 Å². The number of rotatable bonds is 15. The fourth-order valence-electron chi connectivity index (χ4n) is 6.00. The number of aldehydes is 2. The van der Waals surface area contributed by atoms with Gasteiger partial charge in [-0.05, 0) is 60.2 Å². The summed E-state index contributed by atoms with van der Waals surface area (Å²) in [5, 5.41) is 12.8. The van der Waals surface area contributed by atoms with E-state index in [2.05, 4.69) is 15.6 Å². The molecule has 3 aromatic rings. The molecule has 2 heterocycles. The number of nitrogens with one attached hydrogen (secondary N) is 2. The first-order chi connectivity index (χ1) is 25.7. The lowest BCUT2D eigenvalue weighted by Crippen LogP contribution is -2.39. The van der Waals surface area contributed by atoms with E-state index in [1.54, 1.807) is 30.3 Å². The molecule has 1 fully saturated rings. The minimum absolute atomic E-state index is 0.0163. The van der Waals surface area contributed by atoms with Crippen molar-refractivity contribution in [2.45, 2.75) is 62.4 Å². The number of carbonyl (C=O) groups excluding carboxylic acids is 5. The number of unbranched alkanes of at least 4 members (excludes halogenated alkanes) is 2. The Morgan fingerprint density at radius 3 is 2.22 bits per heavy atom. The van der Waals surface area contributed by atoms with Crippen LogP contribution in [0.1, 0.15) is 52.7 Å². The fourth-order valence-corrected chi connectivity index (χ4v) is 6.00. The second-order valence-electron chi connectivity index (χ2n) is 12.6. The van der Waals surface area contributed by atoms with Gasteiger partial charge in [0.2, 0.25) is 0 Å². The predicted octanol–water partition coefficient (Wildman–Crippen LogP) is 2.87. The second-order valence-corrected chi connectivity index (χ2v) is 12.6. The SMILES string of the molecule is NC(N)=NCCCCCc1ccc2c(c1)C(=O)NCC(=O)N2c1ccc(C[C@@]2(C(=O)OCc3ccccc3)NC2(C=O)CC=O)cc1.O=C(O)C(F)(F)F. The van der Waals surface area contributed by atoms with E-state index in [1.165, 1.54) is 4.90 Å². The highest BCUT2D eigenvalue weighted by molar-refractivity contribution is 6.13. The van der Waals surface area contributed by atoms with Crippen molar-refractivity contribution in [3.63, 3.8) is 0 Å². The van der Waals surface area contributed by atoms with Crippen LogP contribution in [-0.4, -0.2) is 77.7 Å². The molecule has 2 aliphatic heterocycles. The van der Waals surface area contributed by atoms with Crippen LogP contribution in [0.15, 0.2) is 77.8 Å². The zero-order valence-corrected chi connectivity index (χ0v) is 28.9. The Kier molecular flexibility index (Phi) is 13.3. The number of aliphatic carboxylic acids is 1. The van der Waals surface area contributed by atoms with Gasteiger partial charge in [-0.3, -0.25) is 24.8 Å². The van der Waals surface area contributed by atoms with Crippen molar-refractivity contribution >= 4 is 53.7 Å². The summed E-state index contributed by atoms with van der Waals surface area (Å²) in [6.07, 6.45) is -0.586. The number of alkyl halides is 3. The zero-order valence-electron chi connectivity index (χ0n) is 28.9. The zero-order chi connectivity index (χ0) is 39.5. The van der Waals surface area contributed by atoms with E-state index >= 15 is 0 Å². The monoisotopic (exact) mass is 752 g/mol. The van der Waals surface area contributed by atoms with Gasteiger partial charge in [-0.25, -0.2) is 9.59 Å². The van der Waals surface area contributed by atoms with E-state index < -0.39 is 29.2 Å². The molecule has 0 aromatic heterocycles. The topological polar surface area (TPSA) is 233 Å². The van der Waals surface area contributed by atoms with Gasteiger partial charge in [-0.15, -0.1) is 0 Å². The van der Waals surface area contributed by atoms with E-state index in [1.807, 2.05) is 42.5 Å². The Morgan fingerprint density at radius 2 is 1.61 bits per heavy atom. The van der Waals surface area contributed by atoms with Crippen LogP contribution in [0.4, 0.5) is 24.5 Å². The van der Waals surface area contributed by atoms with E-state index in [0.717, 1.165) is 36.8 Å². The first kappa shape index (κ1) is 40.7. The van der Waals surface area contributed by atoms with Crippen molar-refractivity contribution in [1.82, 2.24) is 10.6 Å². The third-order valence-electron chi connectivity index (χ3n) is 8.82. The number of hydrogen-bond acceptors (Lipinski definition) is 9. The van der Waals surface area contributed by atoms with Crippen LogP contribution in [0.5, 0.6) is 0 Å². The highest BCUT2D eigenvalue weighted by Gasteiger charge is 2.72. The number of nitrogens with two attached hydrogens (primary N) is 2. The summed E-state index contributed by atoms with van der Waals surface area (Å²) < 4.78 is 37.3. The van der Waals surface area contributed by atoms with E-state index in [4.69, 9.17) is 26.1 Å². The van der Waals surface area contributed by atoms with Crippen LogP contribution in [0, 0.1) is 0 Å². The number of amides is 2. The third-order valence-corrected chi connectivity index (χ3v) is 8.82. The van der Waals surface area contributed by atoms with E-state index in [-0.39, 0.29) is 43.8 Å². The van der Waals surface area contributed by atoms with Gasteiger partial charge in [0, 0.05) is 25.1 Å². The molecule has 1 saturated heterocycles. The van der Waals surface area contributed by atoms with Gasteiger partial charge >= 0.3 is 18.1 Å². The minimum atomic E-state index is -5.08. The standard InChI is InChI=1S/C35H38N6O6.C2HF3O2/c36-33(37)38-17-6-2-5-7-24-12-15-29-28(19-24)31(45)39-21-30(44)41(29)27-13-10-25(11-14-27)20-35(34(23-43,40-35)16-18-42)32(46)47-22-26-8-3-1-4-9-26;3-2(4,5)1(6)7/h1,3-4,8-15,18-19,23,40H,2,5-7,16-17,20-22H2,(H,39,45)(H4,36,37,38);(H,6,7)/t34?,35-;/m0./s1. The number of halogens is 3. The molecule has 0 bridgehead atoms. The highest BCUT2D eigenvalue weighted by Crippen LogP contribution is 2.44. The molecule has 54 heavy (non-hydrogen) atoms. The van der Waals surface area contributed by atoms with Crippen molar-refractivity contribution in [2.24, 2.45) is 16.5 Å². The molecule has 0 spiro atoms. The number of esters is 1. The Bertz CT molecular complexity index is 1890. The van der Waals surface area contributed by atoms with Crippen molar-refractivity contribution < 1.29 is 51.8 Å². The lowest BCUT2D eigenvalue weighted by molar-refractivity contribution is -0.192. The number of carboxylic acids is 1. The Balaban J connectivity index is 0.000000845. The molecule has 2 aliphatic rings. The van der Waals surface area contributed by atoms with Crippen LogP contribution in [-0.2, 0) is 48.2 Å². The summed E-state index contributed by atoms with van der Waals surface area (Å²) in [4.78, 5) is 77.7. The molecule has 0 saturated carbocycles. The Labute approximate surface area is 307 Å². The maximum atomic E-state index is 13.4. The van der Waals surface area contributed by atoms with Crippen molar-refractivity contribution in [3.8, 4) is 0 Å². The maximum Gasteiger partial charge on any atom is 0.490 e. The Morgan fingerprint density at radius 1 is 0.944 bits per heavy atom. The molecular formula is C37H39F3N6O8. The molecule has 2 amide bonds. The molecule has 0 radical (unpaired) electrons. The number of carbonyl (C=O) groups is 6. The van der Waals surface area contributed by atoms with Gasteiger partial charge in [-0.2, -0.15) is 13.2 Å². The molecule has 5 rings (SSSR count). The number of nitrogens with zero attached hydrogens (tertiary/aromatic N) is 2. The molecule has 3 aromatic carbocycles. The number of benzene rings is 3. The summed E-state index contributed by atoms with van der Waals surface area (Å²) in [6, 6.07) is 21.6. The number of fused-ring (bicyclic) bond motifs is 1. The van der Waals surface area contributed by atoms with Crippen molar-refractivity contribution in [3.05, 3.63) is 95.1 Å². The number of carboxylic acid groups (broad SMARTS) is 1. The van der Waals surface area contributed by atoms with E-state index in [9.17, 15) is 37.1 Å². The number of aryl methyl sites for hydroxylation is 1. The van der Waals surface area contributed by atoms with Gasteiger partial charge in [-0.1, -0.05) is 55.0 Å². The summed E-state index contributed by atoms with van der Waals surface area (Å²) in [7, 11) is 0. The summed E-state index contributed by atoms with van der Waals surface area (Å²) in [5.74, 6) is -3.96. The van der Waals surface area contributed by atoms with Gasteiger partial charge in [0.1, 0.15) is 30.3 Å². The van der Waals surface area contributed by atoms with Gasteiger partial charge < -0.3 is 36.2 Å². The molecule has 14 nitrogen and oxygen atoms in total. The molecule has 1 unspecified atom stereocenters. The average molecular weight is 753 g/mol. The van der Waals surface area contributed by atoms with Crippen LogP contribution in [0.2, 0.25) is 0 Å². The first-order valence-electron chi connectivity index (χ1n) is 16.8. The van der Waals surface area contributed by atoms with Crippen LogP contribution in [0.25, 0.3) is 0 Å². The second kappa shape index (κ2) is 17.6. The average Bonchev–Trinajstić information content (AvgIpc) is 3.81. The molecule has 0 aliphatic carbocycles. The lowest BCUT2D eigenvalue weighted by atomic mass is 9.85. The summed E-state index contributed by atoms with van der Waals surface area (Å²) in [6.45, 7) is 0.406. The highest BCUT2D eigenvalue weighted by atomic mass is 19.4. The van der Waals surface area contributed by atoms with Gasteiger partial charge in [0.25, 0.3) is 11.8 Å². The van der Waals surface area contributed by atoms with Gasteiger partial charge in [0.05, 0.1) is 17.8 Å². The third kappa shape index (κ3) is 9.86. The Hall–Kier alpha value is -6.10.